The van der Waals surface area contributed by atoms with E-state index in [0.717, 1.165) is 0 Å². The van der Waals surface area contributed by atoms with Crippen LogP contribution in [0.1, 0.15) is 19.5 Å². The number of amides is 2. The number of nitrogens with zero attached hydrogens (tertiary/aromatic N) is 4. The van der Waals surface area contributed by atoms with Crippen molar-refractivity contribution < 1.29 is 18.0 Å². The van der Waals surface area contributed by atoms with Gasteiger partial charge in [-0.05, 0) is 26.8 Å². The normalized spacial score (nSPS) is 23.0. The van der Waals surface area contributed by atoms with Crippen LogP contribution in [0.2, 0.25) is 0 Å². The number of carbonyl (C=O) groups is 1. The van der Waals surface area contributed by atoms with Crippen LogP contribution in [0.4, 0.5) is 23.7 Å². The molecule has 0 aromatic carbocycles. The molecular formula is C14H20F3N5O. The first-order chi connectivity index (χ1) is 10.7. The van der Waals surface area contributed by atoms with Crippen LogP contribution in [-0.4, -0.2) is 63.9 Å². The van der Waals surface area contributed by atoms with Crippen molar-refractivity contribution in [3.63, 3.8) is 0 Å². The van der Waals surface area contributed by atoms with E-state index in [1.165, 1.54) is 16.0 Å². The number of aryl methyl sites for hydroxylation is 1. The standard InChI is InChI=1S/C14H20F3N5O/c1-9-6-21(7-10(2)22(9)8-14(15,16)17)13(23)19-12-4-5-18-20-11(12)3/h4-5,9-10H,6-8H2,1-3H3,(H,18,19,23)/t9-,10+. The summed E-state index contributed by atoms with van der Waals surface area (Å²) in [7, 11) is 0. The van der Waals surface area contributed by atoms with Gasteiger partial charge in [0.1, 0.15) is 0 Å². The minimum absolute atomic E-state index is 0.240. The largest absolute Gasteiger partial charge is 0.401 e. The van der Waals surface area contributed by atoms with Crippen LogP contribution in [0.3, 0.4) is 0 Å². The lowest BCUT2D eigenvalue weighted by atomic mass is 10.1. The zero-order valence-corrected chi connectivity index (χ0v) is 13.3. The van der Waals surface area contributed by atoms with Gasteiger partial charge in [-0.25, -0.2) is 4.79 Å². The highest BCUT2D eigenvalue weighted by molar-refractivity contribution is 5.89. The van der Waals surface area contributed by atoms with Crippen LogP contribution in [-0.2, 0) is 0 Å². The molecule has 1 N–H and O–H groups in total. The second-order valence-electron chi connectivity index (χ2n) is 5.85. The maximum absolute atomic E-state index is 12.6. The lowest BCUT2D eigenvalue weighted by molar-refractivity contribution is -0.160. The number of nitrogens with one attached hydrogen (secondary N) is 1. The predicted octanol–water partition coefficient (Wildman–Crippen LogP) is 2.27. The molecule has 0 saturated carbocycles. The second-order valence-corrected chi connectivity index (χ2v) is 5.85. The summed E-state index contributed by atoms with van der Waals surface area (Å²) < 4.78 is 37.9. The van der Waals surface area contributed by atoms with Gasteiger partial charge in [0.05, 0.1) is 24.1 Å². The van der Waals surface area contributed by atoms with E-state index in [-0.39, 0.29) is 31.2 Å². The summed E-state index contributed by atoms with van der Waals surface area (Å²) in [6, 6.07) is 0.546. The highest BCUT2D eigenvalue weighted by atomic mass is 19.4. The molecule has 0 spiro atoms. The fourth-order valence-corrected chi connectivity index (χ4v) is 2.77. The summed E-state index contributed by atoms with van der Waals surface area (Å²) in [5.74, 6) is 0. The number of alkyl halides is 3. The molecule has 1 fully saturated rings. The Morgan fingerprint density at radius 3 is 2.48 bits per heavy atom. The monoisotopic (exact) mass is 331 g/mol. The molecule has 0 unspecified atom stereocenters. The molecule has 6 nitrogen and oxygen atoms in total. The lowest BCUT2D eigenvalue weighted by Gasteiger charge is -2.44. The maximum atomic E-state index is 12.6. The van der Waals surface area contributed by atoms with Gasteiger partial charge in [0.25, 0.3) is 0 Å². The van der Waals surface area contributed by atoms with Crippen LogP contribution in [0.15, 0.2) is 12.3 Å². The van der Waals surface area contributed by atoms with Gasteiger partial charge in [0.15, 0.2) is 0 Å². The van der Waals surface area contributed by atoms with Crippen LogP contribution in [0.5, 0.6) is 0 Å². The summed E-state index contributed by atoms with van der Waals surface area (Å²) in [4.78, 5) is 15.2. The van der Waals surface area contributed by atoms with Gasteiger partial charge in [0.2, 0.25) is 0 Å². The van der Waals surface area contributed by atoms with Crippen molar-refractivity contribution in [3.05, 3.63) is 18.0 Å². The molecular weight excluding hydrogens is 311 g/mol. The van der Waals surface area contributed by atoms with Gasteiger partial charge in [-0.1, -0.05) is 0 Å². The summed E-state index contributed by atoms with van der Waals surface area (Å²) >= 11 is 0. The van der Waals surface area contributed by atoms with Gasteiger partial charge in [0, 0.05) is 25.2 Å². The zero-order valence-electron chi connectivity index (χ0n) is 13.3. The van der Waals surface area contributed by atoms with Crippen molar-refractivity contribution in [2.24, 2.45) is 0 Å². The summed E-state index contributed by atoms with van der Waals surface area (Å²) in [5.41, 5.74) is 1.13. The highest BCUT2D eigenvalue weighted by Gasteiger charge is 2.39. The first kappa shape index (κ1) is 17.5. The van der Waals surface area contributed by atoms with E-state index in [9.17, 15) is 18.0 Å². The smallest absolute Gasteiger partial charge is 0.321 e. The Hall–Kier alpha value is -1.90. The average molecular weight is 331 g/mol. The predicted molar refractivity (Wildman–Crippen MR) is 79.0 cm³/mol. The van der Waals surface area contributed by atoms with E-state index in [1.54, 1.807) is 26.8 Å². The van der Waals surface area contributed by atoms with Crippen molar-refractivity contribution in [3.8, 4) is 0 Å². The second kappa shape index (κ2) is 6.69. The molecule has 23 heavy (non-hydrogen) atoms. The first-order valence-electron chi connectivity index (χ1n) is 7.34. The van der Waals surface area contributed by atoms with Gasteiger partial charge < -0.3 is 10.2 Å². The molecule has 128 valence electrons. The Balaban J connectivity index is 2.01. The number of halogens is 3. The molecule has 2 rings (SSSR count). The van der Waals surface area contributed by atoms with Gasteiger partial charge >= 0.3 is 12.2 Å². The number of hydrogen-bond donors (Lipinski definition) is 1. The average Bonchev–Trinajstić information content (AvgIpc) is 2.44. The van der Waals surface area contributed by atoms with Crippen molar-refractivity contribution in [2.45, 2.75) is 39.0 Å². The number of piperazine rings is 1. The Labute approximate surface area is 132 Å². The van der Waals surface area contributed by atoms with Crippen LogP contribution in [0, 0.1) is 6.92 Å². The third-order valence-corrected chi connectivity index (χ3v) is 3.90. The molecule has 2 amide bonds. The first-order valence-corrected chi connectivity index (χ1v) is 7.34. The molecule has 2 atom stereocenters. The van der Waals surface area contributed by atoms with E-state index < -0.39 is 12.7 Å². The zero-order chi connectivity index (χ0) is 17.2. The third kappa shape index (κ3) is 4.54. The van der Waals surface area contributed by atoms with Crippen molar-refractivity contribution in [2.75, 3.05) is 25.0 Å². The Bertz CT molecular complexity index is 554. The van der Waals surface area contributed by atoms with Crippen molar-refractivity contribution in [1.82, 2.24) is 20.0 Å². The molecule has 1 aliphatic rings. The van der Waals surface area contributed by atoms with E-state index in [4.69, 9.17) is 0 Å². The van der Waals surface area contributed by atoms with Crippen LogP contribution >= 0.6 is 0 Å². The van der Waals surface area contributed by atoms with Gasteiger partial charge in [-0.15, -0.1) is 0 Å². The van der Waals surface area contributed by atoms with Crippen molar-refractivity contribution >= 4 is 11.7 Å². The Morgan fingerprint density at radius 1 is 1.35 bits per heavy atom. The number of rotatable bonds is 2. The number of aromatic nitrogens is 2. The molecule has 1 saturated heterocycles. The quantitative estimate of drug-likeness (QED) is 0.903. The van der Waals surface area contributed by atoms with E-state index in [1.807, 2.05) is 0 Å². The molecule has 1 aliphatic heterocycles. The van der Waals surface area contributed by atoms with Crippen LogP contribution in [0.25, 0.3) is 0 Å². The summed E-state index contributed by atoms with van der Waals surface area (Å²) in [6.07, 6.45) is -2.78. The Morgan fingerprint density at radius 2 is 1.96 bits per heavy atom. The lowest BCUT2D eigenvalue weighted by Crippen LogP contribution is -2.60. The molecule has 0 bridgehead atoms. The fraction of sp³-hybridized carbons (Fsp3) is 0.643. The van der Waals surface area contributed by atoms with E-state index >= 15 is 0 Å². The molecule has 1 aromatic rings. The SMILES string of the molecule is Cc1nnccc1NC(=O)N1C[C@@H](C)N(CC(F)(F)F)[C@@H](C)C1. The minimum atomic E-state index is -4.24. The highest BCUT2D eigenvalue weighted by Crippen LogP contribution is 2.24. The molecule has 2 heterocycles. The van der Waals surface area contributed by atoms with Gasteiger partial charge in [-0.3, -0.25) is 4.90 Å². The molecule has 1 aromatic heterocycles. The minimum Gasteiger partial charge on any atom is -0.321 e. The number of anilines is 1. The number of hydrogen-bond acceptors (Lipinski definition) is 4. The number of carbonyl (C=O) groups excluding carboxylic acids is 1. The van der Waals surface area contributed by atoms with Crippen molar-refractivity contribution in [1.29, 1.82) is 0 Å². The topological polar surface area (TPSA) is 61.4 Å². The summed E-state index contributed by atoms with van der Waals surface area (Å²) in [5, 5.41) is 10.3. The number of urea groups is 1. The summed E-state index contributed by atoms with van der Waals surface area (Å²) in [6.45, 7) is 4.63. The van der Waals surface area contributed by atoms with Gasteiger partial charge in [-0.2, -0.15) is 23.4 Å². The maximum Gasteiger partial charge on any atom is 0.401 e. The Kier molecular flexibility index (Phi) is 5.08. The van der Waals surface area contributed by atoms with E-state index in [0.29, 0.717) is 11.4 Å². The third-order valence-electron chi connectivity index (χ3n) is 3.90. The van der Waals surface area contributed by atoms with Crippen LogP contribution < -0.4 is 5.32 Å². The fourth-order valence-electron chi connectivity index (χ4n) is 2.77. The molecule has 0 radical (unpaired) electrons. The molecule has 0 aliphatic carbocycles. The van der Waals surface area contributed by atoms with E-state index in [2.05, 4.69) is 15.5 Å². The molecule has 9 heteroatoms.